The minimum atomic E-state index is 0.00258. The Hall–Kier alpha value is -3.38. The number of carbonyl (C=O) groups excluding carboxylic acids is 1. The highest BCUT2D eigenvalue weighted by molar-refractivity contribution is 5.94. The van der Waals surface area contributed by atoms with E-state index in [-0.39, 0.29) is 5.91 Å². The summed E-state index contributed by atoms with van der Waals surface area (Å²) in [5.74, 6) is 0.809. The van der Waals surface area contributed by atoms with Gasteiger partial charge in [-0.15, -0.1) is 0 Å². The van der Waals surface area contributed by atoms with Crippen LogP contribution in [-0.2, 0) is 6.54 Å². The fourth-order valence-corrected chi connectivity index (χ4v) is 4.55. The second kappa shape index (κ2) is 11.8. The van der Waals surface area contributed by atoms with Crippen LogP contribution < -0.4 is 15.0 Å². The van der Waals surface area contributed by atoms with Crippen LogP contribution in [0.3, 0.4) is 0 Å². The summed E-state index contributed by atoms with van der Waals surface area (Å²) in [7, 11) is 0. The average Bonchev–Trinajstić information content (AvgIpc) is 2.88. The van der Waals surface area contributed by atoms with Gasteiger partial charge in [0.05, 0.1) is 12.8 Å². The lowest BCUT2D eigenvalue weighted by Crippen LogP contribution is -2.46. The van der Waals surface area contributed by atoms with Gasteiger partial charge in [-0.2, -0.15) is 0 Å². The molecule has 35 heavy (non-hydrogen) atoms. The second-order valence-electron chi connectivity index (χ2n) is 9.06. The predicted octanol–water partition coefficient (Wildman–Crippen LogP) is 4.92. The first kappa shape index (κ1) is 24.7. The zero-order chi connectivity index (χ0) is 24.6. The van der Waals surface area contributed by atoms with E-state index in [4.69, 9.17) is 4.74 Å². The molecule has 1 saturated heterocycles. The van der Waals surface area contributed by atoms with Crippen LogP contribution in [0.5, 0.6) is 5.75 Å². The van der Waals surface area contributed by atoms with Gasteiger partial charge in [0.15, 0.2) is 0 Å². The first-order valence-electron chi connectivity index (χ1n) is 12.6. The van der Waals surface area contributed by atoms with Gasteiger partial charge in [0, 0.05) is 62.3 Å². The number of piperazine rings is 1. The summed E-state index contributed by atoms with van der Waals surface area (Å²) in [6.07, 6.45) is 4.60. The molecule has 1 aliphatic heterocycles. The number of ether oxygens (including phenoxy) is 1. The Morgan fingerprint density at radius 2 is 1.77 bits per heavy atom. The lowest BCUT2D eigenvalue weighted by atomic mass is 9.99. The van der Waals surface area contributed by atoms with Crippen molar-refractivity contribution in [3.8, 4) is 16.9 Å². The molecule has 1 N–H and O–H groups in total. The number of hydrogen-bond acceptors (Lipinski definition) is 5. The van der Waals surface area contributed by atoms with Gasteiger partial charge >= 0.3 is 0 Å². The monoisotopic (exact) mass is 472 g/mol. The van der Waals surface area contributed by atoms with Crippen molar-refractivity contribution in [1.82, 2.24) is 15.2 Å². The van der Waals surface area contributed by atoms with E-state index >= 15 is 0 Å². The van der Waals surface area contributed by atoms with E-state index in [0.29, 0.717) is 13.2 Å². The second-order valence-corrected chi connectivity index (χ2v) is 9.06. The first-order chi connectivity index (χ1) is 17.1. The molecule has 1 aliphatic rings. The Labute approximate surface area is 208 Å². The van der Waals surface area contributed by atoms with Crippen molar-refractivity contribution >= 4 is 11.6 Å². The predicted molar refractivity (Wildman–Crippen MR) is 142 cm³/mol. The van der Waals surface area contributed by atoms with Crippen molar-refractivity contribution in [2.45, 2.75) is 33.7 Å². The molecule has 0 atom stereocenters. The molecule has 2 heterocycles. The molecule has 6 nitrogen and oxygen atoms in total. The molecular formula is C29H36N4O2. The number of amides is 1. The van der Waals surface area contributed by atoms with E-state index in [0.717, 1.165) is 56.0 Å². The molecule has 1 aromatic heterocycles. The Kier molecular flexibility index (Phi) is 8.37. The zero-order valence-electron chi connectivity index (χ0n) is 21.1. The van der Waals surface area contributed by atoms with Crippen molar-refractivity contribution in [3.63, 3.8) is 0 Å². The van der Waals surface area contributed by atoms with Gasteiger partial charge < -0.3 is 15.0 Å². The van der Waals surface area contributed by atoms with Crippen molar-refractivity contribution in [1.29, 1.82) is 0 Å². The molecule has 184 valence electrons. The fourth-order valence-electron chi connectivity index (χ4n) is 4.55. The fraction of sp³-hybridized carbons (Fsp3) is 0.379. The Morgan fingerprint density at radius 3 is 2.46 bits per heavy atom. The molecule has 4 rings (SSSR count). The molecule has 0 bridgehead atoms. The first-order valence-corrected chi connectivity index (χ1v) is 12.6. The van der Waals surface area contributed by atoms with Crippen LogP contribution >= 0.6 is 0 Å². The van der Waals surface area contributed by atoms with Crippen LogP contribution in [0.2, 0.25) is 0 Å². The van der Waals surface area contributed by atoms with Crippen LogP contribution in [0.1, 0.15) is 41.8 Å². The smallest absolute Gasteiger partial charge is 0.251 e. The lowest BCUT2D eigenvalue weighted by molar-refractivity contribution is 0.0953. The maximum atomic E-state index is 12.1. The van der Waals surface area contributed by atoms with Gasteiger partial charge in [0.1, 0.15) is 5.75 Å². The Morgan fingerprint density at radius 1 is 1.00 bits per heavy atom. The number of aryl methyl sites for hydroxylation is 1. The van der Waals surface area contributed by atoms with E-state index in [1.807, 2.05) is 25.3 Å². The highest BCUT2D eigenvalue weighted by Gasteiger charge is 2.18. The van der Waals surface area contributed by atoms with Crippen LogP contribution in [0, 0.1) is 6.92 Å². The highest BCUT2D eigenvalue weighted by Crippen LogP contribution is 2.27. The maximum Gasteiger partial charge on any atom is 0.251 e. The van der Waals surface area contributed by atoms with E-state index in [1.54, 1.807) is 6.20 Å². The minimum absolute atomic E-state index is 0.00258. The number of pyridine rings is 1. The summed E-state index contributed by atoms with van der Waals surface area (Å²) in [5, 5.41) is 2.93. The van der Waals surface area contributed by atoms with Crippen molar-refractivity contribution in [2.75, 3.05) is 44.2 Å². The number of benzene rings is 2. The van der Waals surface area contributed by atoms with Gasteiger partial charge in [-0.25, -0.2) is 0 Å². The molecule has 1 amide bonds. The summed E-state index contributed by atoms with van der Waals surface area (Å²) < 4.78 is 5.61. The Balaban J connectivity index is 1.32. The molecule has 3 aromatic rings. The van der Waals surface area contributed by atoms with Gasteiger partial charge in [-0.1, -0.05) is 25.1 Å². The number of nitrogens with one attached hydrogen (secondary N) is 1. The van der Waals surface area contributed by atoms with Crippen LogP contribution in [-0.4, -0.2) is 55.1 Å². The number of carbonyl (C=O) groups is 1. The van der Waals surface area contributed by atoms with Gasteiger partial charge in [0.2, 0.25) is 0 Å². The van der Waals surface area contributed by atoms with E-state index < -0.39 is 0 Å². The van der Waals surface area contributed by atoms with Gasteiger partial charge in [-0.3, -0.25) is 14.7 Å². The maximum absolute atomic E-state index is 12.1. The van der Waals surface area contributed by atoms with Crippen molar-refractivity contribution in [3.05, 3.63) is 77.6 Å². The topological polar surface area (TPSA) is 57.7 Å². The molecule has 0 spiro atoms. The molecule has 0 radical (unpaired) electrons. The third kappa shape index (κ3) is 6.40. The van der Waals surface area contributed by atoms with Crippen LogP contribution in [0.4, 0.5) is 5.69 Å². The van der Waals surface area contributed by atoms with Crippen LogP contribution in [0.15, 0.2) is 60.9 Å². The van der Waals surface area contributed by atoms with E-state index in [1.165, 1.54) is 22.4 Å². The number of nitrogens with zero attached hydrogens (tertiary/aromatic N) is 3. The van der Waals surface area contributed by atoms with Crippen molar-refractivity contribution < 1.29 is 9.53 Å². The van der Waals surface area contributed by atoms with Gasteiger partial charge in [-0.05, 0) is 67.3 Å². The van der Waals surface area contributed by atoms with Crippen molar-refractivity contribution in [2.24, 2.45) is 0 Å². The Bertz CT molecular complexity index is 1120. The molecular weight excluding hydrogens is 436 g/mol. The minimum Gasteiger partial charge on any atom is -0.492 e. The van der Waals surface area contributed by atoms with Gasteiger partial charge in [0.25, 0.3) is 5.91 Å². The molecule has 0 unspecified atom stereocenters. The zero-order valence-corrected chi connectivity index (χ0v) is 21.1. The molecule has 1 fully saturated rings. The lowest BCUT2D eigenvalue weighted by Gasteiger charge is -2.36. The number of rotatable bonds is 9. The number of anilines is 1. The molecule has 0 aliphatic carbocycles. The summed E-state index contributed by atoms with van der Waals surface area (Å²) >= 11 is 0. The third-order valence-electron chi connectivity index (χ3n) is 6.43. The number of hydrogen-bond donors (Lipinski definition) is 1. The summed E-state index contributed by atoms with van der Waals surface area (Å²) in [6, 6.07) is 16.8. The summed E-state index contributed by atoms with van der Waals surface area (Å²) in [5.41, 5.74) is 6.76. The quantitative estimate of drug-likeness (QED) is 0.479. The van der Waals surface area contributed by atoms with Crippen LogP contribution in [0.25, 0.3) is 11.1 Å². The standard InChI is InChI=1S/C29H36N4O2/c1-4-12-31-29(34)24-7-9-26(10-8-24)33-15-13-32(14-16-33)21-23-6-11-28(22(3)17-23)25-18-27(35-5-2)20-30-19-25/h6-11,17-20H,4-5,12-16,21H2,1-3H3,(H,31,34). The average molecular weight is 473 g/mol. The van der Waals surface area contributed by atoms with E-state index in [2.05, 4.69) is 70.3 Å². The molecule has 0 saturated carbocycles. The summed E-state index contributed by atoms with van der Waals surface area (Å²) in [6.45, 7) is 12.5. The normalized spacial score (nSPS) is 14.1. The summed E-state index contributed by atoms with van der Waals surface area (Å²) in [4.78, 5) is 21.4. The SMILES string of the molecule is CCCNC(=O)c1ccc(N2CCN(Cc3ccc(-c4cncc(OCC)c4)c(C)c3)CC2)cc1. The third-order valence-corrected chi connectivity index (χ3v) is 6.43. The highest BCUT2D eigenvalue weighted by atomic mass is 16.5. The number of aromatic nitrogens is 1. The van der Waals surface area contributed by atoms with E-state index in [9.17, 15) is 4.79 Å². The largest absolute Gasteiger partial charge is 0.492 e. The molecule has 6 heteroatoms. The molecule has 2 aromatic carbocycles.